The summed E-state index contributed by atoms with van der Waals surface area (Å²) < 4.78 is 10.6. The highest BCUT2D eigenvalue weighted by molar-refractivity contribution is 5.81. The molecule has 0 aliphatic heterocycles. The van der Waals surface area contributed by atoms with Gasteiger partial charge in [0.25, 0.3) is 0 Å². The summed E-state index contributed by atoms with van der Waals surface area (Å²) in [5.41, 5.74) is 9.30. The molecule has 2 N–H and O–H groups in total. The zero-order chi connectivity index (χ0) is 17.8. The Hall–Kier alpha value is -3.59. The maximum atomic E-state index is 9.53. The van der Waals surface area contributed by atoms with Crippen molar-refractivity contribution in [3.8, 4) is 40.0 Å². The van der Waals surface area contributed by atoms with Gasteiger partial charge in [-0.1, -0.05) is 0 Å². The molecule has 0 aliphatic rings. The number of pyridine rings is 2. The van der Waals surface area contributed by atoms with Crippen LogP contribution in [0.5, 0.6) is 11.5 Å². The van der Waals surface area contributed by atoms with Gasteiger partial charge in [0, 0.05) is 29.6 Å². The Morgan fingerprint density at radius 2 is 1.60 bits per heavy atom. The molecule has 1 aromatic carbocycles. The van der Waals surface area contributed by atoms with Gasteiger partial charge in [0.15, 0.2) is 0 Å². The van der Waals surface area contributed by atoms with Crippen LogP contribution in [0, 0.1) is 11.3 Å². The molecular weight excluding hydrogens is 316 g/mol. The van der Waals surface area contributed by atoms with Crippen LogP contribution >= 0.6 is 0 Å². The van der Waals surface area contributed by atoms with Crippen LogP contribution in [-0.2, 0) is 0 Å². The fraction of sp³-hybridized carbons (Fsp3) is 0.105. The third kappa shape index (κ3) is 3.21. The summed E-state index contributed by atoms with van der Waals surface area (Å²) in [6.07, 6.45) is 3.36. The zero-order valence-corrected chi connectivity index (χ0v) is 13.9. The molecule has 6 nitrogen and oxygen atoms in total. The van der Waals surface area contributed by atoms with Crippen LogP contribution < -0.4 is 15.2 Å². The lowest BCUT2D eigenvalue weighted by Crippen LogP contribution is -2.00. The number of aromatic nitrogens is 2. The van der Waals surface area contributed by atoms with Crippen molar-refractivity contribution < 1.29 is 9.47 Å². The molecule has 0 amide bonds. The lowest BCUT2D eigenvalue weighted by molar-refractivity contribution is 0.394. The number of hydrogen-bond acceptors (Lipinski definition) is 6. The standard InChI is InChI=1S/C19H16N4O2/c1-24-14-7-13(8-15(9-14)25-2)16-10-18(12-3-5-22-6-4-12)23-19(21)17(16)11-20/h3-10H,1-2H3,(H2,21,23). The largest absolute Gasteiger partial charge is 0.497 e. The Morgan fingerprint density at radius 3 is 2.16 bits per heavy atom. The van der Waals surface area contributed by atoms with E-state index in [2.05, 4.69) is 16.0 Å². The molecule has 0 aliphatic carbocycles. The van der Waals surface area contributed by atoms with Crippen molar-refractivity contribution in [2.45, 2.75) is 0 Å². The molecule has 0 saturated carbocycles. The van der Waals surface area contributed by atoms with Gasteiger partial charge < -0.3 is 15.2 Å². The molecule has 0 bridgehead atoms. The van der Waals surface area contributed by atoms with Crippen LogP contribution in [0.2, 0.25) is 0 Å². The second-order valence-electron chi connectivity index (χ2n) is 5.26. The summed E-state index contributed by atoms with van der Waals surface area (Å²) in [5, 5.41) is 9.53. The number of nitriles is 1. The summed E-state index contributed by atoms with van der Waals surface area (Å²) in [4.78, 5) is 8.36. The van der Waals surface area contributed by atoms with Crippen molar-refractivity contribution in [3.05, 3.63) is 54.4 Å². The smallest absolute Gasteiger partial charge is 0.142 e. The Kier molecular flexibility index (Phi) is 4.48. The van der Waals surface area contributed by atoms with Crippen LogP contribution in [0.4, 0.5) is 5.82 Å². The van der Waals surface area contributed by atoms with Crippen molar-refractivity contribution >= 4 is 5.82 Å². The van der Waals surface area contributed by atoms with Gasteiger partial charge in [-0.25, -0.2) is 4.98 Å². The summed E-state index contributed by atoms with van der Waals surface area (Å²) in [7, 11) is 3.15. The van der Waals surface area contributed by atoms with E-state index in [-0.39, 0.29) is 5.82 Å². The molecule has 0 fully saturated rings. The van der Waals surface area contributed by atoms with E-state index in [1.165, 1.54) is 0 Å². The molecular formula is C19H16N4O2. The molecule has 0 unspecified atom stereocenters. The minimum absolute atomic E-state index is 0.175. The van der Waals surface area contributed by atoms with E-state index < -0.39 is 0 Å². The van der Waals surface area contributed by atoms with E-state index in [1.807, 2.05) is 30.3 Å². The Labute approximate surface area is 145 Å². The predicted octanol–water partition coefficient (Wildman–Crippen LogP) is 3.28. The number of rotatable bonds is 4. The van der Waals surface area contributed by atoms with Gasteiger partial charge in [-0.15, -0.1) is 0 Å². The summed E-state index contributed by atoms with van der Waals surface area (Å²) >= 11 is 0. The molecule has 0 atom stereocenters. The molecule has 3 aromatic rings. The monoisotopic (exact) mass is 332 g/mol. The molecule has 0 radical (unpaired) electrons. The zero-order valence-electron chi connectivity index (χ0n) is 13.9. The number of nitrogens with zero attached hydrogens (tertiary/aromatic N) is 3. The van der Waals surface area contributed by atoms with E-state index in [9.17, 15) is 5.26 Å². The maximum Gasteiger partial charge on any atom is 0.142 e. The van der Waals surface area contributed by atoms with Crippen LogP contribution in [0.15, 0.2) is 48.8 Å². The highest BCUT2D eigenvalue weighted by Gasteiger charge is 2.15. The van der Waals surface area contributed by atoms with Crippen LogP contribution in [0.3, 0.4) is 0 Å². The van der Waals surface area contributed by atoms with Crippen molar-refractivity contribution in [1.29, 1.82) is 5.26 Å². The minimum atomic E-state index is 0.175. The lowest BCUT2D eigenvalue weighted by atomic mass is 9.98. The summed E-state index contributed by atoms with van der Waals surface area (Å²) in [5.74, 6) is 1.42. The second kappa shape index (κ2) is 6.89. The van der Waals surface area contributed by atoms with Crippen molar-refractivity contribution in [1.82, 2.24) is 9.97 Å². The first-order valence-corrected chi connectivity index (χ1v) is 7.50. The predicted molar refractivity (Wildman–Crippen MR) is 95.1 cm³/mol. The number of ether oxygens (including phenoxy) is 2. The van der Waals surface area contributed by atoms with Gasteiger partial charge in [-0.3, -0.25) is 4.98 Å². The van der Waals surface area contributed by atoms with Crippen LogP contribution in [0.25, 0.3) is 22.4 Å². The molecule has 0 spiro atoms. The second-order valence-corrected chi connectivity index (χ2v) is 5.26. The number of hydrogen-bond donors (Lipinski definition) is 1. The highest BCUT2D eigenvalue weighted by Crippen LogP contribution is 2.35. The Morgan fingerprint density at radius 1 is 0.960 bits per heavy atom. The van der Waals surface area contributed by atoms with E-state index in [4.69, 9.17) is 15.2 Å². The first-order chi connectivity index (χ1) is 12.2. The molecule has 0 saturated heterocycles. The number of benzene rings is 1. The Bertz CT molecular complexity index is 927. The van der Waals surface area contributed by atoms with Gasteiger partial charge in [-0.05, 0) is 35.9 Å². The highest BCUT2D eigenvalue weighted by atomic mass is 16.5. The molecule has 2 heterocycles. The molecule has 6 heteroatoms. The van der Waals surface area contributed by atoms with Crippen LogP contribution in [-0.4, -0.2) is 24.2 Å². The van der Waals surface area contributed by atoms with E-state index >= 15 is 0 Å². The Balaban J connectivity index is 2.25. The van der Waals surface area contributed by atoms with Crippen LogP contribution in [0.1, 0.15) is 5.56 Å². The van der Waals surface area contributed by atoms with Crippen molar-refractivity contribution in [2.24, 2.45) is 0 Å². The fourth-order valence-electron chi connectivity index (χ4n) is 2.54. The normalized spacial score (nSPS) is 10.1. The molecule has 2 aromatic heterocycles. The fourth-order valence-corrected chi connectivity index (χ4v) is 2.54. The third-order valence-electron chi connectivity index (χ3n) is 3.80. The SMILES string of the molecule is COc1cc(OC)cc(-c2cc(-c3ccncc3)nc(N)c2C#N)c1. The topological polar surface area (TPSA) is 94.1 Å². The molecule has 25 heavy (non-hydrogen) atoms. The number of methoxy groups -OCH3 is 2. The quantitative estimate of drug-likeness (QED) is 0.788. The first-order valence-electron chi connectivity index (χ1n) is 7.50. The summed E-state index contributed by atoms with van der Waals surface area (Å²) in [6, 6.07) is 13.1. The number of anilines is 1. The van der Waals surface area contributed by atoms with E-state index in [0.29, 0.717) is 28.3 Å². The first kappa shape index (κ1) is 16.3. The molecule has 3 rings (SSSR count). The lowest BCUT2D eigenvalue weighted by Gasteiger charge is -2.12. The van der Waals surface area contributed by atoms with Gasteiger partial charge >= 0.3 is 0 Å². The number of nitrogen functional groups attached to an aromatic ring is 1. The van der Waals surface area contributed by atoms with Crippen molar-refractivity contribution in [3.63, 3.8) is 0 Å². The van der Waals surface area contributed by atoms with Gasteiger partial charge in [0.1, 0.15) is 28.9 Å². The van der Waals surface area contributed by atoms with E-state index in [1.54, 1.807) is 32.7 Å². The van der Waals surface area contributed by atoms with Crippen molar-refractivity contribution in [2.75, 3.05) is 20.0 Å². The van der Waals surface area contributed by atoms with Gasteiger partial charge in [-0.2, -0.15) is 5.26 Å². The average Bonchev–Trinajstić information content (AvgIpc) is 2.67. The number of nitrogens with two attached hydrogens (primary N) is 1. The minimum Gasteiger partial charge on any atom is -0.497 e. The summed E-state index contributed by atoms with van der Waals surface area (Å²) in [6.45, 7) is 0. The van der Waals surface area contributed by atoms with Gasteiger partial charge in [0.05, 0.1) is 19.9 Å². The van der Waals surface area contributed by atoms with Gasteiger partial charge in [0.2, 0.25) is 0 Å². The molecule has 124 valence electrons. The maximum absolute atomic E-state index is 9.53. The van der Waals surface area contributed by atoms with E-state index in [0.717, 1.165) is 11.1 Å². The average molecular weight is 332 g/mol. The third-order valence-corrected chi connectivity index (χ3v) is 3.80.